The molecule has 2 atom stereocenters. The summed E-state index contributed by atoms with van der Waals surface area (Å²) in [7, 11) is 6.33. The molecule has 8 nitrogen and oxygen atoms in total. The van der Waals surface area contributed by atoms with Crippen LogP contribution in [-0.2, 0) is 14.3 Å². The van der Waals surface area contributed by atoms with Crippen molar-refractivity contribution in [1.82, 2.24) is 5.32 Å². The first-order chi connectivity index (χ1) is 18.4. The molecule has 2 aromatic carbocycles. The first-order valence-corrected chi connectivity index (χ1v) is 12.7. The van der Waals surface area contributed by atoms with Crippen LogP contribution in [0, 0.1) is 0 Å². The zero-order chi connectivity index (χ0) is 27.4. The highest BCUT2D eigenvalue weighted by Crippen LogP contribution is 2.48. The summed E-state index contributed by atoms with van der Waals surface area (Å²) in [6.07, 6.45) is 1.59. The lowest BCUT2D eigenvalue weighted by Gasteiger charge is -2.37. The van der Waals surface area contributed by atoms with E-state index in [0.29, 0.717) is 71.3 Å². The average molecular weight is 522 g/mol. The van der Waals surface area contributed by atoms with E-state index in [1.807, 2.05) is 44.2 Å². The maximum atomic E-state index is 13.9. The summed E-state index contributed by atoms with van der Waals surface area (Å²) in [5.41, 5.74) is 4.14. The van der Waals surface area contributed by atoms with Crippen molar-refractivity contribution in [2.45, 2.75) is 44.9 Å². The number of nitrogens with one attached hydrogen (secondary N) is 1. The molecule has 1 heterocycles. The zero-order valence-electron chi connectivity index (χ0n) is 22.8. The summed E-state index contributed by atoms with van der Waals surface area (Å²) in [5.74, 6) is 1.24. The minimum atomic E-state index is -0.629. The van der Waals surface area contributed by atoms with Gasteiger partial charge in [-0.15, -0.1) is 0 Å². The van der Waals surface area contributed by atoms with Crippen LogP contribution < -0.4 is 24.3 Å². The molecule has 0 saturated heterocycles. The normalized spacial score (nSPS) is 18.9. The van der Waals surface area contributed by atoms with Crippen molar-refractivity contribution in [3.8, 4) is 23.0 Å². The average Bonchev–Trinajstić information content (AvgIpc) is 2.94. The standard InChI is InChI=1S/C30H35NO7/c1-7-12-38-30(33)27-17(2)31-22-13-19(18-8-11-24(35-4)26(15-18)37-6)14-23(32)29(22)28(27)21-10-9-20(34-3)16-25(21)36-5/h8-11,15-16,19,28,31H,7,12-14H2,1-6H3/t19-,28-/m0/s1. The van der Waals surface area contributed by atoms with E-state index >= 15 is 0 Å². The van der Waals surface area contributed by atoms with Crippen molar-refractivity contribution >= 4 is 11.8 Å². The molecule has 4 rings (SSSR count). The number of dihydropyridines is 1. The van der Waals surface area contributed by atoms with Gasteiger partial charge in [0, 0.05) is 35.0 Å². The fraction of sp³-hybridized carbons (Fsp3) is 0.400. The smallest absolute Gasteiger partial charge is 0.336 e. The summed E-state index contributed by atoms with van der Waals surface area (Å²) < 4.78 is 27.5. The summed E-state index contributed by atoms with van der Waals surface area (Å²) in [6, 6.07) is 11.2. The lowest BCUT2D eigenvalue weighted by molar-refractivity contribution is -0.139. The Hall–Kier alpha value is -3.94. The first-order valence-electron chi connectivity index (χ1n) is 12.7. The van der Waals surface area contributed by atoms with Gasteiger partial charge >= 0.3 is 5.97 Å². The molecule has 0 unspecified atom stereocenters. The van der Waals surface area contributed by atoms with E-state index in [1.165, 1.54) is 0 Å². The lowest BCUT2D eigenvalue weighted by atomic mass is 9.71. The molecule has 0 radical (unpaired) electrons. The largest absolute Gasteiger partial charge is 0.497 e. The number of carbonyl (C=O) groups excluding carboxylic acids is 2. The quantitative estimate of drug-likeness (QED) is 0.459. The molecule has 1 N–H and O–H groups in total. The second-order valence-corrected chi connectivity index (χ2v) is 9.38. The van der Waals surface area contributed by atoms with Crippen LogP contribution in [0.2, 0.25) is 0 Å². The Morgan fingerprint density at radius 3 is 2.32 bits per heavy atom. The Kier molecular flexibility index (Phi) is 8.29. The predicted octanol–water partition coefficient (Wildman–Crippen LogP) is 5.04. The topological polar surface area (TPSA) is 92.3 Å². The van der Waals surface area contributed by atoms with Crippen LogP contribution in [-0.4, -0.2) is 46.8 Å². The van der Waals surface area contributed by atoms with Gasteiger partial charge in [0.15, 0.2) is 17.3 Å². The fourth-order valence-electron chi connectivity index (χ4n) is 5.29. The Morgan fingerprint density at radius 1 is 0.921 bits per heavy atom. The van der Waals surface area contributed by atoms with Crippen LogP contribution in [0.15, 0.2) is 58.9 Å². The van der Waals surface area contributed by atoms with E-state index < -0.39 is 11.9 Å². The number of methoxy groups -OCH3 is 4. The Labute approximate surface area is 223 Å². The van der Waals surface area contributed by atoms with Gasteiger partial charge in [0.05, 0.1) is 46.5 Å². The van der Waals surface area contributed by atoms with Gasteiger partial charge in [-0.05, 0) is 49.4 Å². The Balaban J connectivity index is 1.81. The molecule has 0 amide bonds. The molecule has 0 aromatic heterocycles. The van der Waals surface area contributed by atoms with Gasteiger partial charge in [-0.1, -0.05) is 19.1 Å². The number of esters is 1. The number of hydrogen-bond acceptors (Lipinski definition) is 8. The molecule has 0 fully saturated rings. The third-order valence-corrected chi connectivity index (χ3v) is 7.12. The number of ketones is 1. The summed E-state index contributed by atoms with van der Waals surface area (Å²) in [5, 5.41) is 3.38. The summed E-state index contributed by atoms with van der Waals surface area (Å²) in [4.78, 5) is 27.2. The molecular weight excluding hydrogens is 486 g/mol. The summed E-state index contributed by atoms with van der Waals surface area (Å²) in [6.45, 7) is 4.08. The lowest BCUT2D eigenvalue weighted by Crippen LogP contribution is -2.36. The van der Waals surface area contributed by atoms with E-state index in [1.54, 1.807) is 34.5 Å². The highest BCUT2D eigenvalue weighted by Gasteiger charge is 2.42. The van der Waals surface area contributed by atoms with Gasteiger partial charge in [0.2, 0.25) is 0 Å². The molecule has 0 bridgehead atoms. The van der Waals surface area contributed by atoms with Crippen LogP contribution in [0.25, 0.3) is 0 Å². The second kappa shape index (κ2) is 11.6. The van der Waals surface area contributed by atoms with Crippen molar-refractivity contribution in [2.75, 3.05) is 35.0 Å². The van der Waals surface area contributed by atoms with Gasteiger partial charge in [0.25, 0.3) is 0 Å². The first kappa shape index (κ1) is 27.1. The highest BCUT2D eigenvalue weighted by atomic mass is 16.5. The van der Waals surface area contributed by atoms with Crippen molar-refractivity contribution in [2.24, 2.45) is 0 Å². The Bertz CT molecular complexity index is 1290. The number of benzene rings is 2. The molecule has 1 aliphatic heterocycles. The molecule has 1 aliphatic carbocycles. The SMILES string of the molecule is CCCOC(=O)C1=C(C)NC2=C(C(=O)C[C@@H](c3ccc(OC)c(OC)c3)C2)[C@H]1c1ccc(OC)cc1OC. The van der Waals surface area contributed by atoms with Crippen LogP contribution in [0.1, 0.15) is 56.1 Å². The number of allylic oxidation sites excluding steroid dienone is 3. The Morgan fingerprint density at radius 2 is 1.66 bits per heavy atom. The molecule has 0 spiro atoms. The van der Waals surface area contributed by atoms with Crippen LogP contribution in [0.3, 0.4) is 0 Å². The molecule has 202 valence electrons. The number of Topliss-reactive ketones (excluding diaryl/α,β-unsaturated/α-hetero) is 1. The highest BCUT2D eigenvalue weighted by molar-refractivity contribution is 6.04. The van der Waals surface area contributed by atoms with E-state index in [2.05, 4.69) is 5.32 Å². The number of rotatable bonds is 9. The molecule has 38 heavy (non-hydrogen) atoms. The molecule has 2 aliphatic rings. The van der Waals surface area contributed by atoms with Crippen LogP contribution in [0.5, 0.6) is 23.0 Å². The maximum absolute atomic E-state index is 13.9. The number of carbonyl (C=O) groups is 2. The van der Waals surface area contributed by atoms with Gasteiger partial charge < -0.3 is 29.0 Å². The van der Waals surface area contributed by atoms with Gasteiger partial charge in [-0.3, -0.25) is 4.79 Å². The van der Waals surface area contributed by atoms with Crippen molar-refractivity contribution in [1.29, 1.82) is 0 Å². The minimum Gasteiger partial charge on any atom is -0.497 e. The monoisotopic (exact) mass is 521 g/mol. The number of hydrogen-bond donors (Lipinski definition) is 1. The molecular formula is C30H35NO7. The molecule has 2 aromatic rings. The van der Waals surface area contributed by atoms with E-state index in [0.717, 1.165) is 11.3 Å². The fourth-order valence-corrected chi connectivity index (χ4v) is 5.29. The van der Waals surface area contributed by atoms with Gasteiger partial charge in [0.1, 0.15) is 11.5 Å². The van der Waals surface area contributed by atoms with E-state index in [-0.39, 0.29) is 11.7 Å². The van der Waals surface area contributed by atoms with Gasteiger partial charge in [-0.25, -0.2) is 4.79 Å². The van der Waals surface area contributed by atoms with E-state index in [9.17, 15) is 9.59 Å². The predicted molar refractivity (Wildman–Crippen MR) is 143 cm³/mol. The summed E-state index contributed by atoms with van der Waals surface area (Å²) >= 11 is 0. The number of ether oxygens (including phenoxy) is 5. The minimum absolute atomic E-state index is 0.0327. The van der Waals surface area contributed by atoms with E-state index in [4.69, 9.17) is 23.7 Å². The van der Waals surface area contributed by atoms with Crippen molar-refractivity contribution < 1.29 is 33.3 Å². The maximum Gasteiger partial charge on any atom is 0.336 e. The van der Waals surface area contributed by atoms with Crippen molar-refractivity contribution in [3.05, 3.63) is 70.1 Å². The third-order valence-electron chi connectivity index (χ3n) is 7.12. The van der Waals surface area contributed by atoms with Crippen LogP contribution >= 0.6 is 0 Å². The second-order valence-electron chi connectivity index (χ2n) is 9.38. The van der Waals surface area contributed by atoms with Crippen LogP contribution in [0.4, 0.5) is 0 Å². The van der Waals surface area contributed by atoms with Gasteiger partial charge in [-0.2, -0.15) is 0 Å². The third kappa shape index (κ3) is 5.08. The molecule has 8 heteroatoms. The van der Waals surface area contributed by atoms with Crippen molar-refractivity contribution in [3.63, 3.8) is 0 Å². The molecule has 0 saturated carbocycles. The zero-order valence-corrected chi connectivity index (χ0v) is 22.8.